The zero-order valence-electron chi connectivity index (χ0n) is 9.41. The molecule has 1 unspecified atom stereocenters. The summed E-state index contributed by atoms with van der Waals surface area (Å²) in [6.07, 6.45) is 2.23. The molecule has 0 radical (unpaired) electrons. The summed E-state index contributed by atoms with van der Waals surface area (Å²) < 4.78 is 1.09. The first kappa shape index (κ1) is 12.7. The van der Waals surface area contributed by atoms with Gasteiger partial charge in [-0.15, -0.1) is 0 Å². The summed E-state index contributed by atoms with van der Waals surface area (Å²) in [4.78, 5) is 0. The molecule has 15 heavy (non-hydrogen) atoms. The quantitative estimate of drug-likeness (QED) is 0.859. The Bertz CT molecular complexity index is 279. The Labute approximate surface area is 101 Å². The Morgan fingerprint density at radius 3 is 2.20 bits per heavy atom. The zero-order valence-corrected chi connectivity index (χ0v) is 11.0. The van der Waals surface area contributed by atoms with E-state index in [1.54, 1.807) is 0 Å². The Balaban J connectivity index is 2.61. The van der Waals surface area contributed by atoms with Gasteiger partial charge in [0.05, 0.1) is 0 Å². The summed E-state index contributed by atoms with van der Waals surface area (Å²) in [5.41, 5.74) is 1.24. The smallest absolute Gasteiger partial charge is 0.0499 e. The molecule has 0 aliphatic heterocycles. The highest BCUT2D eigenvalue weighted by Gasteiger charge is 2.10. The second-order valence-corrected chi connectivity index (χ2v) is 5.32. The van der Waals surface area contributed by atoms with Gasteiger partial charge in [0.15, 0.2) is 0 Å². The van der Waals surface area contributed by atoms with Crippen LogP contribution < -0.4 is 0 Å². The number of rotatable bonds is 5. The van der Waals surface area contributed by atoms with Gasteiger partial charge in [-0.25, -0.2) is 0 Å². The molecular weight excluding hydrogens is 252 g/mol. The van der Waals surface area contributed by atoms with E-state index in [4.69, 9.17) is 0 Å². The van der Waals surface area contributed by atoms with E-state index in [0.717, 1.165) is 10.9 Å². The van der Waals surface area contributed by atoms with Crippen molar-refractivity contribution >= 4 is 15.9 Å². The lowest BCUT2D eigenvalue weighted by atomic mass is 9.92. The van der Waals surface area contributed by atoms with E-state index in [1.165, 1.54) is 12.0 Å². The number of hydrogen-bond acceptors (Lipinski definition) is 1. The molecule has 0 saturated heterocycles. The van der Waals surface area contributed by atoms with Gasteiger partial charge in [0.1, 0.15) is 0 Å². The third-order valence-electron chi connectivity index (χ3n) is 2.65. The summed E-state index contributed by atoms with van der Waals surface area (Å²) in [5.74, 6) is 0.995. The van der Waals surface area contributed by atoms with Gasteiger partial charge in [0, 0.05) is 17.0 Å². The number of benzene rings is 1. The normalized spacial score (nSPS) is 13.1. The number of halogens is 1. The van der Waals surface area contributed by atoms with E-state index in [2.05, 4.69) is 41.9 Å². The molecule has 0 fully saturated rings. The molecular formula is C13H19BrO. The molecule has 2 heteroatoms. The predicted molar refractivity (Wildman–Crippen MR) is 68.0 cm³/mol. The Morgan fingerprint density at radius 2 is 1.73 bits per heavy atom. The molecule has 1 aromatic carbocycles. The fraction of sp³-hybridized carbons (Fsp3) is 0.538. The Hall–Kier alpha value is -0.340. The van der Waals surface area contributed by atoms with Crippen molar-refractivity contribution in [1.29, 1.82) is 0 Å². The van der Waals surface area contributed by atoms with Crippen molar-refractivity contribution in [3.05, 3.63) is 34.3 Å². The average Bonchev–Trinajstić information content (AvgIpc) is 2.21. The molecule has 1 atom stereocenters. The molecule has 1 aromatic rings. The maximum Gasteiger partial charge on any atom is 0.0499 e. The lowest BCUT2D eigenvalue weighted by molar-refractivity contribution is 0.253. The second kappa shape index (κ2) is 6.29. The first-order valence-electron chi connectivity index (χ1n) is 5.49. The Morgan fingerprint density at radius 1 is 1.13 bits per heavy atom. The molecule has 1 nitrogen and oxygen atoms in total. The molecule has 84 valence electrons. The van der Waals surface area contributed by atoms with Gasteiger partial charge in [0.25, 0.3) is 0 Å². The number of aliphatic hydroxyl groups excluding tert-OH is 1. The van der Waals surface area contributed by atoms with Crippen LogP contribution in [-0.2, 0) is 0 Å². The van der Waals surface area contributed by atoms with Crippen LogP contribution in [0.1, 0.15) is 38.2 Å². The molecule has 1 rings (SSSR count). The van der Waals surface area contributed by atoms with E-state index in [1.807, 2.05) is 12.1 Å². The third kappa shape index (κ3) is 4.35. The fourth-order valence-corrected chi connectivity index (χ4v) is 1.90. The van der Waals surface area contributed by atoms with Crippen LogP contribution in [-0.4, -0.2) is 11.7 Å². The van der Waals surface area contributed by atoms with Crippen LogP contribution in [0.4, 0.5) is 0 Å². The third-order valence-corrected chi connectivity index (χ3v) is 3.18. The van der Waals surface area contributed by atoms with Crippen molar-refractivity contribution in [2.45, 2.75) is 32.6 Å². The van der Waals surface area contributed by atoms with Crippen LogP contribution in [0.25, 0.3) is 0 Å². The molecule has 0 heterocycles. The van der Waals surface area contributed by atoms with E-state index < -0.39 is 0 Å². The summed E-state index contributed by atoms with van der Waals surface area (Å²) in [6, 6.07) is 8.25. The molecule has 0 saturated carbocycles. The van der Waals surface area contributed by atoms with Crippen molar-refractivity contribution in [2.24, 2.45) is 5.92 Å². The lowest BCUT2D eigenvalue weighted by Crippen LogP contribution is -2.05. The molecule has 0 spiro atoms. The maximum atomic E-state index is 9.35. The minimum Gasteiger partial charge on any atom is -0.396 e. The molecule has 0 aromatic heterocycles. The maximum absolute atomic E-state index is 9.35. The summed E-state index contributed by atoms with van der Waals surface area (Å²) in [5, 5.41) is 9.35. The first-order chi connectivity index (χ1) is 7.13. The predicted octanol–water partition coefficient (Wildman–Crippen LogP) is 3.96. The topological polar surface area (TPSA) is 20.2 Å². The van der Waals surface area contributed by atoms with Gasteiger partial charge in [-0.05, 0) is 30.0 Å². The highest BCUT2D eigenvalue weighted by Crippen LogP contribution is 2.24. The van der Waals surface area contributed by atoms with Gasteiger partial charge < -0.3 is 5.11 Å². The summed E-state index contributed by atoms with van der Waals surface area (Å²) in [7, 11) is 0. The summed E-state index contributed by atoms with van der Waals surface area (Å²) in [6.45, 7) is 4.68. The van der Waals surface area contributed by atoms with E-state index in [0.29, 0.717) is 11.8 Å². The average molecular weight is 271 g/mol. The van der Waals surface area contributed by atoms with E-state index >= 15 is 0 Å². The zero-order chi connectivity index (χ0) is 11.3. The second-order valence-electron chi connectivity index (χ2n) is 4.40. The van der Waals surface area contributed by atoms with Crippen molar-refractivity contribution in [1.82, 2.24) is 0 Å². The minimum absolute atomic E-state index is 0.244. The van der Waals surface area contributed by atoms with Crippen LogP contribution >= 0.6 is 15.9 Å². The van der Waals surface area contributed by atoms with Crippen molar-refractivity contribution < 1.29 is 5.11 Å². The Kier molecular flexibility index (Phi) is 5.34. The van der Waals surface area contributed by atoms with Crippen molar-refractivity contribution in [2.75, 3.05) is 6.61 Å². The summed E-state index contributed by atoms with van der Waals surface area (Å²) >= 11 is 3.42. The van der Waals surface area contributed by atoms with Crippen LogP contribution in [0.15, 0.2) is 28.7 Å². The van der Waals surface area contributed by atoms with E-state index in [-0.39, 0.29) is 6.61 Å². The molecule has 0 bridgehead atoms. The van der Waals surface area contributed by atoms with Crippen molar-refractivity contribution in [3.8, 4) is 0 Å². The molecule has 0 amide bonds. The van der Waals surface area contributed by atoms with Crippen LogP contribution in [0.3, 0.4) is 0 Å². The molecule has 1 N–H and O–H groups in total. The van der Waals surface area contributed by atoms with Gasteiger partial charge in [0.2, 0.25) is 0 Å². The van der Waals surface area contributed by atoms with Gasteiger partial charge in [-0.2, -0.15) is 0 Å². The molecule has 0 aliphatic carbocycles. The monoisotopic (exact) mass is 270 g/mol. The minimum atomic E-state index is 0.244. The first-order valence-corrected chi connectivity index (χ1v) is 6.29. The van der Waals surface area contributed by atoms with Gasteiger partial charge in [-0.3, -0.25) is 0 Å². The largest absolute Gasteiger partial charge is 0.396 e. The van der Waals surface area contributed by atoms with Crippen molar-refractivity contribution in [3.63, 3.8) is 0 Å². The number of hydrogen-bond donors (Lipinski definition) is 1. The standard InChI is InChI=1S/C13H19BrO/c1-10(2)3-4-12(9-15)11-5-7-13(14)8-6-11/h5-8,10,12,15H,3-4,9H2,1-2H3. The van der Waals surface area contributed by atoms with Crippen LogP contribution in [0, 0.1) is 5.92 Å². The van der Waals surface area contributed by atoms with Crippen LogP contribution in [0.5, 0.6) is 0 Å². The molecule has 0 aliphatic rings. The highest BCUT2D eigenvalue weighted by atomic mass is 79.9. The highest BCUT2D eigenvalue weighted by molar-refractivity contribution is 9.10. The SMILES string of the molecule is CC(C)CCC(CO)c1ccc(Br)cc1. The van der Waals surface area contributed by atoms with Gasteiger partial charge >= 0.3 is 0 Å². The van der Waals surface area contributed by atoms with Gasteiger partial charge in [-0.1, -0.05) is 48.3 Å². The van der Waals surface area contributed by atoms with Crippen LogP contribution in [0.2, 0.25) is 0 Å². The number of aliphatic hydroxyl groups is 1. The lowest BCUT2D eigenvalue weighted by Gasteiger charge is -2.15. The van der Waals surface area contributed by atoms with E-state index in [9.17, 15) is 5.11 Å². The fourth-order valence-electron chi connectivity index (χ4n) is 1.63.